The minimum atomic E-state index is -0.820. The lowest BCUT2D eigenvalue weighted by Gasteiger charge is -2.28. The van der Waals surface area contributed by atoms with Crippen LogP contribution < -0.4 is 10.6 Å². The van der Waals surface area contributed by atoms with Crippen molar-refractivity contribution in [3.05, 3.63) is 59.2 Å². The molecule has 2 aliphatic heterocycles. The van der Waals surface area contributed by atoms with Crippen LogP contribution in [0.3, 0.4) is 0 Å². The number of amides is 1. The van der Waals surface area contributed by atoms with Gasteiger partial charge in [-0.2, -0.15) is 0 Å². The third-order valence-electron chi connectivity index (χ3n) is 5.28. The molecule has 0 bridgehead atoms. The van der Waals surface area contributed by atoms with Crippen LogP contribution in [-0.2, 0) is 20.1 Å². The van der Waals surface area contributed by atoms with Crippen molar-refractivity contribution in [1.29, 1.82) is 0 Å². The number of ether oxygens (including phenoxy) is 2. The molecule has 4 rings (SSSR count). The predicted molar refractivity (Wildman–Crippen MR) is 113 cm³/mol. The van der Waals surface area contributed by atoms with Gasteiger partial charge in [0.2, 0.25) is 0 Å². The zero-order chi connectivity index (χ0) is 19.7. The predicted octanol–water partition coefficient (Wildman–Crippen LogP) is 3.47. The van der Waals surface area contributed by atoms with Crippen LogP contribution in [0, 0.1) is 0 Å². The molecule has 0 atom stereocenters. The number of fused-ring (bicyclic) bond motifs is 1. The van der Waals surface area contributed by atoms with Crippen LogP contribution in [0.4, 0.5) is 5.69 Å². The Kier molecular flexibility index (Phi) is 5.29. The van der Waals surface area contributed by atoms with Crippen LogP contribution in [0.15, 0.2) is 47.4 Å². The number of anilines is 1. The van der Waals surface area contributed by atoms with E-state index < -0.39 is 5.79 Å². The molecule has 1 saturated heterocycles. The highest BCUT2D eigenvalue weighted by Crippen LogP contribution is 2.42. The van der Waals surface area contributed by atoms with Gasteiger partial charge in [0.15, 0.2) is 5.79 Å². The summed E-state index contributed by atoms with van der Waals surface area (Å²) in [6.45, 7) is 1.54. The van der Waals surface area contributed by atoms with Crippen LogP contribution in [-0.4, -0.2) is 39.0 Å². The Morgan fingerprint density at radius 2 is 1.89 bits per heavy atom. The van der Waals surface area contributed by atoms with Gasteiger partial charge in [-0.05, 0) is 48.7 Å². The molecule has 2 heterocycles. The van der Waals surface area contributed by atoms with Crippen LogP contribution in [0.2, 0.25) is 0 Å². The molecule has 2 aromatic rings. The van der Waals surface area contributed by atoms with Gasteiger partial charge in [-0.1, -0.05) is 18.2 Å². The van der Waals surface area contributed by atoms with E-state index in [2.05, 4.69) is 12.1 Å². The van der Waals surface area contributed by atoms with Crippen molar-refractivity contribution in [3.63, 3.8) is 0 Å². The number of nitrogens with zero attached hydrogens (tertiary/aromatic N) is 1. The average Bonchev–Trinajstić information content (AvgIpc) is 3.29. The number of nitrogens with two attached hydrogens (primary N) is 1. The Hall–Kier alpha value is -2.12. The van der Waals surface area contributed by atoms with Gasteiger partial charge in [0, 0.05) is 35.1 Å². The molecule has 146 valence electrons. The first-order chi connectivity index (χ1) is 13.6. The lowest BCUT2D eigenvalue weighted by molar-refractivity contribution is -0.168. The highest BCUT2D eigenvalue weighted by Gasteiger charge is 2.40. The number of hydrogen-bond acceptors (Lipinski definition) is 5. The van der Waals surface area contributed by atoms with E-state index in [1.807, 2.05) is 42.7 Å². The van der Waals surface area contributed by atoms with Crippen LogP contribution in [0.25, 0.3) is 11.6 Å². The van der Waals surface area contributed by atoms with Crippen LogP contribution in [0.1, 0.15) is 23.1 Å². The molecule has 0 aliphatic carbocycles. The molecule has 0 aromatic heterocycles. The second-order valence-electron chi connectivity index (χ2n) is 6.92. The van der Waals surface area contributed by atoms with Crippen LogP contribution >= 0.6 is 11.8 Å². The number of thioether (sulfide) groups is 1. The van der Waals surface area contributed by atoms with E-state index in [0.717, 1.165) is 22.4 Å². The monoisotopic (exact) mass is 396 g/mol. The minimum Gasteiger partial charge on any atom is -0.343 e. The summed E-state index contributed by atoms with van der Waals surface area (Å²) in [6, 6.07) is 14.1. The Labute approximate surface area is 169 Å². The number of benzene rings is 2. The van der Waals surface area contributed by atoms with Crippen molar-refractivity contribution in [1.82, 2.24) is 0 Å². The third-order valence-corrected chi connectivity index (χ3v) is 6.02. The molecule has 0 unspecified atom stereocenters. The molecule has 1 fully saturated rings. The fraction of sp³-hybridized carbons (Fsp3) is 0.318. The summed E-state index contributed by atoms with van der Waals surface area (Å²) in [5.74, 6) is -0.832. The van der Waals surface area contributed by atoms with Gasteiger partial charge in [0.05, 0.1) is 18.9 Å². The summed E-state index contributed by atoms with van der Waals surface area (Å²) in [6.07, 6.45) is 4.57. The van der Waals surface area contributed by atoms with E-state index in [9.17, 15) is 4.79 Å². The second-order valence-corrected chi connectivity index (χ2v) is 7.80. The van der Waals surface area contributed by atoms with Crippen molar-refractivity contribution >= 4 is 35.0 Å². The topological polar surface area (TPSA) is 64.8 Å². The lowest BCUT2D eigenvalue weighted by atomic mass is 9.96. The number of rotatable bonds is 5. The maximum absolute atomic E-state index is 12.9. The highest BCUT2D eigenvalue weighted by atomic mass is 32.2. The zero-order valence-corrected chi connectivity index (χ0v) is 16.9. The van der Waals surface area contributed by atoms with Crippen molar-refractivity contribution < 1.29 is 14.3 Å². The van der Waals surface area contributed by atoms with Gasteiger partial charge in [0.1, 0.15) is 0 Å². The van der Waals surface area contributed by atoms with Crippen molar-refractivity contribution in [2.24, 2.45) is 5.73 Å². The summed E-state index contributed by atoms with van der Waals surface area (Å²) < 4.78 is 11.9. The van der Waals surface area contributed by atoms with E-state index >= 15 is 0 Å². The van der Waals surface area contributed by atoms with Crippen molar-refractivity contribution in [3.8, 4) is 0 Å². The largest absolute Gasteiger partial charge is 0.343 e. The van der Waals surface area contributed by atoms with Gasteiger partial charge >= 0.3 is 0 Å². The molecular weight excluding hydrogens is 372 g/mol. The molecule has 0 radical (unpaired) electrons. The first-order valence-corrected chi connectivity index (χ1v) is 10.6. The van der Waals surface area contributed by atoms with E-state index in [4.69, 9.17) is 15.2 Å². The molecule has 2 aliphatic rings. The molecule has 5 nitrogen and oxygen atoms in total. The summed E-state index contributed by atoms with van der Waals surface area (Å²) in [5.41, 5.74) is 10.2. The average molecular weight is 397 g/mol. The smallest absolute Gasteiger partial charge is 0.258 e. The number of carbonyl (C=O) groups is 1. The molecule has 2 N–H and O–H groups in total. The molecule has 0 spiro atoms. The first kappa shape index (κ1) is 19.2. The molecule has 2 aromatic carbocycles. The van der Waals surface area contributed by atoms with Crippen molar-refractivity contribution in [2.45, 2.75) is 17.1 Å². The fourth-order valence-electron chi connectivity index (χ4n) is 3.79. The first-order valence-electron chi connectivity index (χ1n) is 9.35. The Bertz CT molecular complexity index is 918. The van der Waals surface area contributed by atoms with E-state index in [-0.39, 0.29) is 5.91 Å². The minimum absolute atomic E-state index is 0.0118. The molecular formula is C22H24N2O3S. The number of hydrogen-bond donors (Lipinski definition) is 1. The number of carbonyl (C=O) groups excluding carboxylic acids is 1. The van der Waals surface area contributed by atoms with E-state index in [1.54, 1.807) is 23.7 Å². The Balaban J connectivity index is 1.77. The lowest BCUT2D eigenvalue weighted by Crippen LogP contribution is -2.30. The summed E-state index contributed by atoms with van der Waals surface area (Å²) in [7, 11) is 1.80. The second kappa shape index (κ2) is 7.72. The molecule has 6 heteroatoms. The standard InChI is InChI=1S/C22H24N2O3S/c1-24-20-8-5-16(22(9-10-23)26-11-12-27-22)14-18(20)19(21(24)25)13-15-3-6-17(28-2)7-4-15/h3-8,13-14H,9-12,23H2,1-2H3/b19-13-. The van der Waals surface area contributed by atoms with Crippen LogP contribution in [0.5, 0.6) is 0 Å². The maximum atomic E-state index is 12.9. The molecule has 1 amide bonds. The third kappa shape index (κ3) is 3.26. The SMILES string of the molecule is CSc1ccc(/C=C2\C(=O)N(C)c3ccc(C4(CCN)OCCO4)cc32)cc1. The van der Waals surface area contributed by atoms with E-state index in [1.165, 1.54) is 4.90 Å². The van der Waals surface area contributed by atoms with Gasteiger partial charge < -0.3 is 20.1 Å². The zero-order valence-electron chi connectivity index (χ0n) is 16.1. The molecule has 28 heavy (non-hydrogen) atoms. The Morgan fingerprint density at radius 3 is 2.54 bits per heavy atom. The van der Waals surface area contributed by atoms with Gasteiger partial charge in [-0.15, -0.1) is 11.8 Å². The normalized spacial score (nSPS) is 19.5. The van der Waals surface area contributed by atoms with Gasteiger partial charge in [0.25, 0.3) is 5.91 Å². The number of likely N-dealkylation sites (N-methyl/N-ethyl adjacent to an activating group) is 1. The summed E-state index contributed by atoms with van der Waals surface area (Å²) >= 11 is 1.70. The van der Waals surface area contributed by atoms with Gasteiger partial charge in [-0.3, -0.25) is 4.79 Å². The van der Waals surface area contributed by atoms with E-state index in [0.29, 0.717) is 31.8 Å². The summed E-state index contributed by atoms with van der Waals surface area (Å²) in [4.78, 5) is 15.8. The maximum Gasteiger partial charge on any atom is 0.258 e. The van der Waals surface area contributed by atoms with Crippen molar-refractivity contribution in [2.75, 3.05) is 38.0 Å². The summed E-state index contributed by atoms with van der Waals surface area (Å²) in [5, 5.41) is 0. The molecule has 0 saturated carbocycles. The fourth-order valence-corrected chi connectivity index (χ4v) is 4.20. The Morgan fingerprint density at radius 1 is 1.18 bits per heavy atom. The quantitative estimate of drug-likeness (QED) is 0.619. The van der Waals surface area contributed by atoms with Gasteiger partial charge in [-0.25, -0.2) is 0 Å². The highest BCUT2D eigenvalue weighted by molar-refractivity contribution is 7.98.